The molecule has 0 bridgehead atoms. The molecule has 0 aliphatic carbocycles. The molecule has 154 valence electrons. The molecule has 0 saturated carbocycles. The van der Waals surface area contributed by atoms with Gasteiger partial charge in [0.15, 0.2) is 5.71 Å². The molecule has 3 aromatic rings. The molecule has 5 nitrogen and oxygen atoms in total. The molecule has 1 aliphatic rings. The number of para-hydroxylation sites is 1. The SMILES string of the molecule is CCCCN1C(=O)/C(=N/N=C(\C(=O)c2ccccc2)c2ccccc2)c2ccccc21. The minimum absolute atomic E-state index is 0.182. The van der Waals surface area contributed by atoms with Crippen molar-refractivity contribution >= 4 is 28.8 Å². The lowest BCUT2D eigenvalue weighted by Gasteiger charge is -2.15. The highest BCUT2D eigenvalue weighted by molar-refractivity contribution is 6.55. The zero-order chi connectivity index (χ0) is 21.6. The van der Waals surface area contributed by atoms with Gasteiger partial charge in [0, 0.05) is 23.2 Å². The number of hydrogen-bond donors (Lipinski definition) is 0. The predicted octanol–water partition coefficient (Wildman–Crippen LogP) is 4.91. The minimum Gasteiger partial charge on any atom is -0.306 e. The molecule has 3 aromatic carbocycles. The number of amides is 1. The standard InChI is InChI=1S/C26H23N3O2/c1-2-3-18-29-22-17-11-10-16-21(22)24(26(29)31)28-27-23(19-12-6-4-7-13-19)25(30)20-14-8-5-9-15-20/h4-17H,2-3,18H2,1H3/b27-23-,28-24+. The zero-order valence-corrected chi connectivity index (χ0v) is 17.4. The number of unbranched alkanes of at least 4 members (excludes halogenated alkanes) is 1. The number of anilines is 1. The summed E-state index contributed by atoms with van der Waals surface area (Å²) in [5.74, 6) is -0.421. The summed E-state index contributed by atoms with van der Waals surface area (Å²) in [5.41, 5.74) is 3.23. The van der Waals surface area contributed by atoms with E-state index in [4.69, 9.17) is 0 Å². The average molecular weight is 409 g/mol. The number of carbonyl (C=O) groups is 2. The Balaban J connectivity index is 1.78. The van der Waals surface area contributed by atoms with Crippen molar-refractivity contribution in [2.24, 2.45) is 10.2 Å². The Bertz CT molecular complexity index is 1150. The third-order valence-electron chi connectivity index (χ3n) is 5.18. The Morgan fingerprint density at radius 1 is 0.839 bits per heavy atom. The summed E-state index contributed by atoms with van der Waals surface area (Å²) >= 11 is 0. The van der Waals surface area contributed by atoms with Gasteiger partial charge in [-0.05, 0) is 12.5 Å². The van der Waals surface area contributed by atoms with Crippen molar-refractivity contribution in [3.05, 3.63) is 102 Å². The summed E-state index contributed by atoms with van der Waals surface area (Å²) in [6.07, 6.45) is 1.89. The lowest BCUT2D eigenvalue weighted by molar-refractivity contribution is -0.112. The van der Waals surface area contributed by atoms with Gasteiger partial charge in [-0.1, -0.05) is 92.2 Å². The van der Waals surface area contributed by atoms with Crippen LogP contribution in [0, 0.1) is 0 Å². The van der Waals surface area contributed by atoms with E-state index in [1.165, 1.54) is 0 Å². The molecule has 1 aliphatic heterocycles. The van der Waals surface area contributed by atoms with Crippen LogP contribution in [-0.4, -0.2) is 29.7 Å². The van der Waals surface area contributed by atoms with Crippen LogP contribution in [0.2, 0.25) is 0 Å². The third-order valence-corrected chi connectivity index (χ3v) is 5.18. The number of Topliss-reactive ketones (excluding diaryl/α,β-unsaturated/α-hetero) is 1. The third kappa shape index (κ3) is 4.21. The maximum atomic E-state index is 13.2. The average Bonchev–Trinajstić information content (AvgIpc) is 3.09. The fraction of sp³-hybridized carbons (Fsp3) is 0.154. The molecule has 0 N–H and O–H groups in total. The Morgan fingerprint density at radius 2 is 1.45 bits per heavy atom. The summed E-state index contributed by atoms with van der Waals surface area (Å²) in [6.45, 7) is 2.72. The molecular weight excluding hydrogens is 386 g/mol. The van der Waals surface area contributed by atoms with Gasteiger partial charge in [-0.15, -0.1) is 10.2 Å². The minimum atomic E-state index is -0.238. The van der Waals surface area contributed by atoms with Crippen LogP contribution in [0.4, 0.5) is 5.69 Å². The van der Waals surface area contributed by atoms with Crippen molar-refractivity contribution in [3.8, 4) is 0 Å². The largest absolute Gasteiger partial charge is 0.306 e. The van der Waals surface area contributed by atoms with Gasteiger partial charge in [0.05, 0.1) is 5.69 Å². The molecule has 4 rings (SSSR count). The molecule has 0 radical (unpaired) electrons. The summed E-state index contributed by atoms with van der Waals surface area (Å²) in [7, 11) is 0. The van der Waals surface area contributed by atoms with Gasteiger partial charge in [0.25, 0.3) is 5.91 Å². The Morgan fingerprint density at radius 3 is 2.13 bits per heavy atom. The van der Waals surface area contributed by atoms with E-state index in [0.29, 0.717) is 17.7 Å². The summed E-state index contributed by atoms with van der Waals surface area (Å²) < 4.78 is 0. The number of hydrogen-bond acceptors (Lipinski definition) is 4. The predicted molar refractivity (Wildman–Crippen MR) is 124 cm³/mol. The van der Waals surface area contributed by atoms with Gasteiger partial charge in [-0.25, -0.2) is 0 Å². The van der Waals surface area contributed by atoms with Crippen molar-refractivity contribution in [2.75, 3.05) is 11.4 Å². The lowest BCUT2D eigenvalue weighted by atomic mass is 10.0. The van der Waals surface area contributed by atoms with E-state index in [-0.39, 0.29) is 23.1 Å². The van der Waals surface area contributed by atoms with Gasteiger partial charge in [-0.3, -0.25) is 9.59 Å². The maximum Gasteiger partial charge on any atom is 0.279 e. The van der Waals surface area contributed by atoms with Crippen molar-refractivity contribution in [3.63, 3.8) is 0 Å². The first-order valence-electron chi connectivity index (χ1n) is 10.4. The van der Waals surface area contributed by atoms with E-state index >= 15 is 0 Å². The monoisotopic (exact) mass is 409 g/mol. The van der Waals surface area contributed by atoms with Gasteiger partial charge < -0.3 is 4.90 Å². The second-order valence-electron chi connectivity index (χ2n) is 7.29. The Hall–Kier alpha value is -3.86. The van der Waals surface area contributed by atoms with Gasteiger partial charge >= 0.3 is 0 Å². The fourth-order valence-electron chi connectivity index (χ4n) is 3.55. The first kappa shape index (κ1) is 20.4. The van der Waals surface area contributed by atoms with Crippen LogP contribution in [0.15, 0.2) is 95.1 Å². The van der Waals surface area contributed by atoms with Crippen molar-refractivity contribution < 1.29 is 9.59 Å². The molecule has 0 saturated heterocycles. The van der Waals surface area contributed by atoms with Gasteiger partial charge in [-0.2, -0.15) is 0 Å². The maximum absolute atomic E-state index is 13.2. The number of rotatable bonds is 7. The molecule has 0 unspecified atom stereocenters. The van der Waals surface area contributed by atoms with Crippen molar-refractivity contribution in [1.29, 1.82) is 0 Å². The van der Waals surface area contributed by atoms with E-state index in [2.05, 4.69) is 17.1 Å². The second kappa shape index (κ2) is 9.30. The van der Waals surface area contributed by atoms with E-state index in [9.17, 15) is 9.59 Å². The van der Waals surface area contributed by atoms with E-state index in [1.807, 2.05) is 72.8 Å². The Labute approximate surface area is 181 Å². The van der Waals surface area contributed by atoms with Crippen LogP contribution in [-0.2, 0) is 4.79 Å². The van der Waals surface area contributed by atoms with Crippen LogP contribution in [0.25, 0.3) is 0 Å². The van der Waals surface area contributed by atoms with E-state index in [0.717, 1.165) is 24.1 Å². The van der Waals surface area contributed by atoms with Crippen LogP contribution in [0.5, 0.6) is 0 Å². The highest BCUT2D eigenvalue weighted by atomic mass is 16.2. The molecule has 0 fully saturated rings. The van der Waals surface area contributed by atoms with E-state index in [1.54, 1.807) is 17.0 Å². The zero-order valence-electron chi connectivity index (χ0n) is 17.4. The molecule has 31 heavy (non-hydrogen) atoms. The molecule has 5 heteroatoms. The molecule has 0 atom stereocenters. The first-order chi connectivity index (χ1) is 15.2. The van der Waals surface area contributed by atoms with Crippen LogP contribution < -0.4 is 4.90 Å². The summed E-state index contributed by atoms with van der Waals surface area (Å²) in [5, 5.41) is 8.64. The smallest absolute Gasteiger partial charge is 0.279 e. The molecule has 1 amide bonds. The van der Waals surface area contributed by atoms with E-state index < -0.39 is 0 Å². The van der Waals surface area contributed by atoms with Gasteiger partial charge in [0.2, 0.25) is 5.78 Å². The normalized spacial score (nSPS) is 14.7. The van der Waals surface area contributed by atoms with Crippen LogP contribution in [0.1, 0.15) is 41.3 Å². The first-order valence-corrected chi connectivity index (χ1v) is 10.4. The topological polar surface area (TPSA) is 62.1 Å². The number of nitrogens with zero attached hydrogens (tertiary/aromatic N) is 3. The number of fused-ring (bicyclic) bond motifs is 1. The van der Waals surface area contributed by atoms with Gasteiger partial charge in [0.1, 0.15) is 5.71 Å². The lowest BCUT2D eigenvalue weighted by Crippen LogP contribution is -2.31. The van der Waals surface area contributed by atoms with Crippen LogP contribution in [0.3, 0.4) is 0 Å². The molecule has 1 heterocycles. The number of carbonyl (C=O) groups excluding carboxylic acids is 2. The Kier molecular flexibility index (Phi) is 6.13. The number of benzene rings is 3. The molecular formula is C26H23N3O2. The highest BCUT2D eigenvalue weighted by Crippen LogP contribution is 2.29. The van der Waals surface area contributed by atoms with Crippen molar-refractivity contribution in [1.82, 2.24) is 0 Å². The molecule has 0 aromatic heterocycles. The number of ketones is 1. The fourth-order valence-corrected chi connectivity index (χ4v) is 3.55. The van der Waals surface area contributed by atoms with Crippen molar-refractivity contribution in [2.45, 2.75) is 19.8 Å². The second-order valence-corrected chi connectivity index (χ2v) is 7.29. The quantitative estimate of drug-likeness (QED) is 0.316. The highest BCUT2D eigenvalue weighted by Gasteiger charge is 2.33. The molecule has 0 spiro atoms. The summed E-state index contributed by atoms with van der Waals surface area (Å²) in [4.78, 5) is 28.0. The van der Waals surface area contributed by atoms with Crippen LogP contribution >= 0.6 is 0 Å². The summed E-state index contributed by atoms with van der Waals surface area (Å²) in [6, 6.07) is 25.7.